The molecule has 98 valence electrons. The molecule has 1 aromatic heterocycles. The fourth-order valence-corrected chi connectivity index (χ4v) is 3.19. The van der Waals surface area contributed by atoms with Crippen molar-refractivity contribution in [2.24, 2.45) is 0 Å². The Hall–Kier alpha value is -1.81. The molecule has 1 unspecified atom stereocenters. The number of Topliss-reactive ketones (excluding diaryl/α,β-unsaturated/α-hetero) is 1. The van der Waals surface area contributed by atoms with Gasteiger partial charge in [-0.2, -0.15) is 0 Å². The molecule has 3 rings (SSSR count). The standard InChI is InChI=1S/C15H14O3S/c1-9-7-10(2)19-15(9)14(16)13-8-17-11-5-3-4-6-12(11)18-13/h3-7,13H,8H2,1-2H3. The van der Waals surface area contributed by atoms with Gasteiger partial charge in [-0.05, 0) is 37.6 Å². The molecule has 4 heteroatoms. The van der Waals surface area contributed by atoms with Crippen LogP contribution in [0, 0.1) is 13.8 Å². The lowest BCUT2D eigenvalue weighted by molar-refractivity contribution is 0.0589. The van der Waals surface area contributed by atoms with Gasteiger partial charge in [0.2, 0.25) is 5.78 Å². The summed E-state index contributed by atoms with van der Waals surface area (Å²) >= 11 is 1.51. The molecular weight excluding hydrogens is 260 g/mol. The van der Waals surface area contributed by atoms with E-state index in [4.69, 9.17) is 9.47 Å². The Morgan fingerprint density at radius 2 is 2.00 bits per heavy atom. The maximum Gasteiger partial charge on any atom is 0.217 e. The molecule has 0 saturated heterocycles. The zero-order valence-electron chi connectivity index (χ0n) is 10.8. The zero-order chi connectivity index (χ0) is 13.4. The number of benzene rings is 1. The summed E-state index contributed by atoms with van der Waals surface area (Å²) in [5, 5.41) is 0. The molecule has 1 aromatic carbocycles. The fourth-order valence-electron chi connectivity index (χ4n) is 2.18. The molecule has 0 radical (unpaired) electrons. The number of fused-ring (bicyclic) bond motifs is 1. The van der Waals surface area contributed by atoms with Crippen molar-refractivity contribution in [2.75, 3.05) is 6.61 Å². The fraction of sp³-hybridized carbons (Fsp3) is 0.267. The van der Waals surface area contributed by atoms with Crippen molar-refractivity contribution < 1.29 is 14.3 Å². The molecular formula is C15H14O3S. The van der Waals surface area contributed by atoms with E-state index < -0.39 is 6.10 Å². The predicted octanol–water partition coefficient (Wildman–Crippen LogP) is 3.39. The number of thiophene rings is 1. The lowest BCUT2D eigenvalue weighted by Gasteiger charge is -2.25. The van der Waals surface area contributed by atoms with Crippen LogP contribution in [0.5, 0.6) is 11.5 Å². The average molecular weight is 274 g/mol. The molecule has 1 aliphatic rings. The van der Waals surface area contributed by atoms with Gasteiger partial charge in [0.15, 0.2) is 17.6 Å². The van der Waals surface area contributed by atoms with Crippen molar-refractivity contribution in [3.05, 3.63) is 45.6 Å². The lowest BCUT2D eigenvalue weighted by atomic mass is 10.1. The molecule has 0 spiro atoms. The van der Waals surface area contributed by atoms with Gasteiger partial charge in [0.1, 0.15) is 6.61 Å². The first-order chi connectivity index (χ1) is 9.15. The smallest absolute Gasteiger partial charge is 0.217 e. The van der Waals surface area contributed by atoms with E-state index >= 15 is 0 Å². The third-order valence-corrected chi connectivity index (χ3v) is 4.23. The van der Waals surface area contributed by atoms with Gasteiger partial charge in [-0.15, -0.1) is 11.3 Å². The number of carbonyl (C=O) groups excluding carboxylic acids is 1. The normalized spacial score (nSPS) is 17.3. The topological polar surface area (TPSA) is 35.5 Å². The second-order valence-electron chi connectivity index (χ2n) is 4.60. The number of para-hydroxylation sites is 2. The summed E-state index contributed by atoms with van der Waals surface area (Å²) in [4.78, 5) is 14.4. The number of rotatable bonds is 2. The van der Waals surface area contributed by atoms with E-state index in [2.05, 4.69) is 0 Å². The second kappa shape index (κ2) is 4.70. The van der Waals surface area contributed by atoms with Crippen LogP contribution in [-0.2, 0) is 0 Å². The van der Waals surface area contributed by atoms with E-state index in [1.807, 2.05) is 44.2 Å². The van der Waals surface area contributed by atoms with Crippen LogP contribution in [0.2, 0.25) is 0 Å². The van der Waals surface area contributed by atoms with Crippen LogP contribution in [0.4, 0.5) is 0 Å². The molecule has 0 bridgehead atoms. The Kier molecular flexibility index (Phi) is 3.03. The van der Waals surface area contributed by atoms with Crippen LogP contribution in [0.25, 0.3) is 0 Å². The van der Waals surface area contributed by atoms with E-state index in [0.29, 0.717) is 11.5 Å². The quantitative estimate of drug-likeness (QED) is 0.787. The molecule has 0 N–H and O–H groups in total. The molecule has 19 heavy (non-hydrogen) atoms. The SMILES string of the molecule is Cc1cc(C)c(C(=O)C2COc3ccccc3O2)s1. The summed E-state index contributed by atoms with van der Waals surface area (Å²) in [7, 11) is 0. The first-order valence-electron chi connectivity index (χ1n) is 6.15. The molecule has 0 amide bonds. The van der Waals surface area contributed by atoms with E-state index in [1.165, 1.54) is 11.3 Å². The number of carbonyl (C=O) groups is 1. The van der Waals surface area contributed by atoms with Gasteiger partial charge in [0, 0.05) is 4.88 Å². The maximum atomic E-state index is 12.4. The van der Waals surface area contributed by atoms with Gasteiger partial charge < -0.3 is 9.47 Å². The van der Waals surface area contributed by atoms with Crippen LogP contribution >= 0.6 is 11.3 Å². The van der Waals surface area contributed by atoms with E-state index in [1.54, 1.807) is 0 Å². The van der Waals surface area contributed by atoms with Gasteiger partial charge in [0.05, 0.1) is 4.88 Å². The van der Waals surface area contributed by atoms with E-state index in [9.17, 15) is 4.79 Å². The Bertz CT molecular complexity index is 630. The summed E-state index contributed by atoms with van der Waals surface area (Å²) in [5.74, 6) is 1.34. The summed E-state index contributed by atoms with van der Waals surface area (Å²) in [6.45, 7) is 4.22. The predicted molar refractivity (Wildman–Crippen MR) is 74.5 cm³/mol. The molecule has 2 heterocycles. The molecule has 0 fully saturated rings. The number of ether oxygens (including phenoxy) is 2. The van der Waals surface area contributed by atoms with E-state index in [0.717, 1.165) is 15.3 Å². The Morgan fingerprint density at radius 3 is 2.68 bits per heavy atom. The number of hydrogen-bond donors (Lipinski definition) is 0. The van der Waals surface area contributed by atoms with E-state index in [-0.39, 0.29) is 12.4 Å². The lowest BCUT2D eigenvalue weighted by Crippen LogP contribution is -2.36. The molecule has 2 aromatic rings. The van der Waals surface area contributed by atoms with Crippen LogP contribution in [0.3, 0.4) is 0 Å². The van der Waals surface area contributed by atoms with Crippen molar-refractivity contribution in [3.8, 4) is 11.5 Å². The minimum atomic E-state index is -0.549. The van der Waals surface area contributed by atoms with Gasteiger partial charge >= 0.3 is 0 Å². The highest BCUT2D eigenvalue weighted by Crippen LogP contribution is 2.32. The maximum absolute atomic E-state index is 12.4. The third kappa shape index (κ3) is 2.24. The highest BCUT2D eigenvalue weighted by molar-refractivity contribution is 7.14. The highest BCUT2D eigenvalue weighted by atomic mass is 32.1. The Balaban J connectivity index is 1.85. The largest absolute Gasteiger partial charge is 0.485 e. The number of hydrogen-bond acceptors (Lipinski definition) is 4. The molecule has 0 saturated carbocycles. The monoisotopic (exact) mass is 274 g/mol. The van der Waals surface area contributed by atoms with Crippen molar-refractivity contribution in [3.63, 3.8) is 0 Å². The van der Waals surface area contributed by atoms with Crippen molar-refractivity contribution in [1.82, 2.24) is 0 Å². The molecule has 1 aliphatic heterocycles. The van der Waals surface area contributed by atoms with Crippen molar-refractivity contribution in [2.45, 2.75) is 20.0 Å². The van der Waals surface area contributed by atoms with Gasteiger partial charge in [0.25, 0.3) is 0 Å². The van der Waals surface area contributed by atoms with Crippen LogP contribution in [-0.4, -0.2) is 18.5 Å². The van der Waals surface area contributed by atoms with Crippen LogP contribution < -0.4 is 9.47 Å². The third-order valence-electron chi connectivity index (χ3n) is 3.07. The molecule has 0 aliphatic carbocycles. The second-order valence-corrected chi connectivity index (χ2v) is 5.85. The minimum Gasteiger partial charge on any atom is -0.485 e. The Morgan fingerprint density at radius 1 is 1.26 bits per heavy atom. The van der Waals surface area contributed by atoms with Crippen LogP contribution in [0.1, 0.15) is 20.1 Å². The van der Waals surface area contributed by atoms with Crippen LogP contribution in [0.15, 0.2) is 30.3 Å². The highest BCUT2D eigenvalue weighted by Gasteiger charge is 2.29. The molecule has 3 nitrogen and oxygen atoms in total. The van der Waals surface area contributed by atoms with Gasteiger partial charge in [-0.3, -0.25) is 4.79 Å². The summed E-state index contributed by atoms with van der Waals surface area (Å²) < 4.78 is 11.3. The van der Waals surface area contributed by atoms with Crippen molar-refractivity contribution in [1.29, 1.82) is 0 Å². The summed E-state index contributed by atoms with van der Waals surface area (Å²) in [6, 6.07) is 9.44. The van der Waals surface area contributed by atoms with Gasteiger partial charge in [-0.1, -0.05) is 12.1 Å². The number of aryl methyl sites for hydroxylation is 2. The van der Waals surface area contributed by atoms with Crippen molar-refractivity contribution >= 4 is 17.1 Å². The summed E-state index contributed by atoms with van der Waals surface area (Å²) in [6.07, 6.45) is -0.549. The minimum absolute atomic E-state index is 0.00473. The zero-order valence-corrected chi connectivity index (χ0v) is 11.6. The number of ketones is 1. The first kappa shape index (κ1) is 12.2. The first-order valence-corrected chi connectivity index (χ1v) is 6.96. The average Bonchev–Trinajstić information content (AvgIpc) is 2.76. The molecule has 1 atom stereocenters. The summed E-state index contributed by atoms with van der Waals surface area (Å²) in [5.41, 5.74) is 1.01. The Labute approximate surface area is 115 Å². The van der Waals surface area contributed by atoms with Gasteiger partial charge in [-0.25, -0.2) is 0 Å².